The predicted molar refractivity (Wildman–Crippen MR) is 73.3 cm³/mol. The van der Waals surface area contributed by atoms with Crippen LogP contribution in [0.15, 0.2) is 18.2 Å². The summed E-state index contributed by atoms with van der Waals surface area (Å²) in [4.78, 5) is 12.0. The van der Waals surface area contributed by atoms with Crippen LogP contribution in [0.2, 0.25) is 0 Å². The number of nitrogens with two attached hydrogens (primary N) is 1. The van der Waals surface area contributed by atoms with E-state index in [0.717, 1.165) is 0 Å². The number of ether oxygens (including phenoxy) is 2. The average Bonchev–Trinajstić information content (AvgIpc) is 2.62. The second kappa shape index (κ2) is 4.42. The molecule has 104 valence electrons. The van der Waals surface area contributed by atoms with Gasteiger partial charge in [0.05, 0.1) is 5.54 Å². The van der Waals surface area contributed by atoms with Gasteiger partial charge in [0.15, 0.2) is 11.5 Å². The van der Waals surface area contributed by atoms with Crippen LogP contribution in [0, 0.1) is 0 Å². The molecule has 19 heavy (non-hydrogen) atoms. The summed E-state index contributed by atoms with van der Waals surface area (Å²) in [7, 11) is 0. The fourth-order valence-electron chi connectivity index (χ4n) is 1.73. The first-order valence-corrected chi connectivity index (χ1v) is 6.36. The molecule has 0 fully saturated rings. The van der Waals surface area contributed by atoms with Gasteiger partial charge >= 0.3 is 0 Å². The SMILES string of the molecule is CCC(C)(N)C(=O)Nc1ccc2c(c1)OC(C)(C)O2. The average molecular weight is 264 g/mol. The van der Waals surface area contributed by atoms with Crippen molar-refractivity contribution in [2.75, 3.05) is 5.32 Å². The molecule has 1 atom stereocenters. The molecule has 1 aliphatic rings. The van der Waals surface area contributed by atoms with Crippen molar-refractivity contribution >= 4 is 11.6 Å². The molecule has 1 amide bonds. The van der Waals surface area contributed by atoms with Crippen LogP contribution in [0.4, 0.5) is 5.69 Å². The van der Waals surface area contributed by atoms with Crippen molar-refractivity contribution in [3.63, 3.8) is 0 Å². The van der Waals surface area contributed by atoms with E-state index in [1.54, 1.807) is 25.1 Å². The van der Waals surface area contributed by atoms with Gasteiger partial charge in [-0.1, -0.05) is 6.92 Å². The number of amides is 1. The van der Waals surface area contributed by atoms with E-state index >= 15 is 0 Å². The maximum Gasteiger partial charge on any atom is 0.246 e. The van der Waals surface area contributed by atoms with E-state index < -0.39 is 11.3 Å². The zero-order valence-corrected chi connectivity index (χ0v) is 11.7. The maximum absolute atomic E-state index is 12.0. The van der Waals surface area contributed by atoms with E-state index in [1.165, 1.54) is 0 Å². The van der Waals surface area contributed by atoms with E-state index in [1.807, 2.05) is 20.8 Å². The van der Waals surface area contributed by atoms with Gasteiger partial charge in [-0.15, -0.1) is 0 Å². The molecule has 0 bridgehead atoms. The molecule has 1 aromatic rings. The van der Waals surface area contributed by atoms with Gasteiger partial charge in [-0.05, 0) is 25.5 Å². The minimum Gasteiger partial charge on any atom is -0.449 e. The van der Waals surface area contributed by atoms with E-state index in [0.29, 0.717) is 23.6 Å². The van der Waals surface area contributed by atoms with Crippen molar-refractivity contribution in [3.05, 3.63) is 18.2 Å². The summed E-state index contributed by atoms with van der Waals surface area (Å²) < 4.78 is 11.2. The molecular formula is C14H20N2O3. The Morgan fingerprint density at radius 1 is 1.37 bits per heavy atom. The van der Waals surface area contributed by atoms with Crippen LogP contribution < -0.4 is 20.5 Å². The Morgan fingerprint density at radius 3 is 2.63 bits per heavy atom. The summed E-state index contributed by atoms with van der Waals surface area (Å²) in [5.74, 6) is 0.414. The third kappa shape index (κ3) is 2.81. The van der Waals surface area contributed by atoms with Crippen molar-refractivity contribution in [2.24, 2.45) is 5.73 Å². The van der Waals surface area contributed by atoms with E-state index in [2.05, 4.69) is 5.32 Å². The van der Waals surface area contributed by atoms with Gasteiger partial charge in [-0.2, -0.15) is 0 Å². The first-order valence-electron chi connectivity index (χ1n) is 6.36. The lowest BCUT2D eigenvalue weighted by Gasteiger charge is -2.21. The fourth-order valence-corrected chi connectivity index (χ4v) is 1.73. The molecule has 0 aliphatic carbocycles. The van der Waals surface area contributed by atoms with Gasteiger partial charge in [-0.25, -0.2) is 0 Å². The summed E-state index contributed by atoms with van der Waals surface area (Å²) in [5, 5.41) is 2.79. The van der Waals surface area contributed by atoms with Crippen LogP contribution in [0.3, 0.4) is 0 Å². The van der Waals surface area contributed by atoms with Crippen LogP contribution in [-0.2, 0) is 4.79 Å². The van der Waals surface area contributed by atoms with Gasteiger partial charge in [-0.3, -0.25) is 4.79 Å². The summed E-state index contributed by atoms with van der Waals surface area (Å²) >= 11 is 0. The van der Waals surface area contributed by atoms with E-state index in [-0.39, 0.29) is 5.91 Å². The molecule has 1 heterocycles. The third-order valence-corrected chi connectivity index (χ3v) is 3.17. The monoisotopic (exact) mass is 264 g/mol. The Balaban J connectivity index is 2.15. The quantitative estimate of drug-likeness (QED) is 0.878. The van der Waals surface area contributed by atoms with Crippen LogP contribution in [0.1, 0.15) is 34.1 Å². The lowest BCUT2D eigenvalue weighted by atomic mass is 9.99. The molecule has 2 rings (SSSR count). The van der Waals surface area contributed by atoms with Gasteiger partial charge < -0.3 is 20.5 Å². The molecule has 0 saturated heterocycles. The molecular weight excluding hydrogens is 244 g/mol. The fraction of sp³-hybridized carbons (Fsp3) is 0.500. The first kappa shape index (κ1) is 13.7. The smallest absolute Gasteiger partial charge is 0.246 e. The van der Waals surface area contributed by atoms with Crippen LogP contribution >= 0.6 is 0 Å². The highest BCUT2D eigenvalue weighted by Crippen LogP contribution is 2.40. The summed E-state index contributed by atoms with van der Waals surface area (Å²) in [5.41, 5.74) is 5.66. The lowest BCUT2D eigenvalue weighted by Crippen LogP contribution is -2.47. The topological polar surface area (TPSA) is 73.6 Å². The zero-order chi connectivity index (χ0) is 14.3. The van der Waals surface area contributed by atoms with Crippen molar-refractivity contribution in [1.82, 2.24) is 0 Å². The number of carbonyl (C=O) groups is 1. The van der Waals surface area contributed by atoms with E-state index in [9.17, 15) is 4.79 Å². The summed E-state index contributed by atoms with van der Waals surface area (Å²) in [6, 6.07) is 5.29. The molecule has 0 spiro atoms. The van der Waals surface area contributed by atoms with Crippen LogP contribution in [0.5, 0.6) is 11.5 Å². The van der Waals surface area contributed by atoms with Crippen LogP contribution in [-0.4, -0.2) is 17.2 Å². The van der Waals surface area contributed by atoms with Crippen molar-refractivity contribution in [2.45, 2.75) is 45.4 Å². The Kier molecular flexibility index (Phi) is 3.18. The second-order valence-corrected chi connectivity index (χ2v) is 5.49. The molecule has 5 nitrogen and oxygen atoms in total. The van der Waals surface area contributed by atoms with Gasteiger partial charge in [0.1, 0.15) is 0 Å². The highest BCUT2D eigenvalue weighted by molar-refractivity contribution is 5.97. The molecule has 3 N–H and O–H groups in total. The highest BCUT2D eigenvalue weighted by Gasteiger charge is 2.32. The minimum absolute atomic E-state index is 0.215. The third-order valence-electron chi connectivity index (χ3n) is 3.17. The van der Waals surface area contributed by atoms with Crippen molar-refractivity contribution in [3.8, 4) is 11.5 Å². The standard InChI is InChI=1S/C14H20N2O3/c1-5-14(4,15)12(17)16-9-6-7-10-11(8-9)19-13(2,3)18-10/h6-8H,5,15H2,1-4H3,(H,16,17). The minimum atomic E-state index is -0.879. The molecule has 0 saturated carbocycles. The van der Waals surface area contributed by atoms with E-state index in [4.69, 9.17) is 15.2 Å². The Morgan fingerprint density at radius 2 is 2.00 bits per heavy atom. The molecule has 1 unspecified atom stereocenters. The number of rotatable bonds is 3. The molecule has 1 aliphatic heterocycles. The largest absolute Gasteiger partial charge is 0.449 e. The highest BCUT2D eigenvalue weighted by atomic mass is 16.7. The Hall–Kier alpha value is -1.75. The van der Waals surface area contributed by atoms with Crippen molar-refractivity contribution in [1.29, 1.82) is 0 Å². The van der Waals surface area contributed by atoms with Crippen LogP contribution in [0.25, 0.3) is 0 Å². The van der Waals surface area contributed by atoms with Gasteiger partial charge in [0.25, 0.3) is 0 Å². The number of benzene rings is 1. The number of carbonyl (C=O) groups excluding carboxylic acids is 1. The lowest BCUT2D eigenvalue weighted by molar-refractivity contribution is -0.120. The van der Waals surface area contributed by atoms with Gasteiger partial charge in [0, 0.05) is 25.6 Å². The number of hydrogen-bond acceptors (Lipinski definition) is 4. The Bertz CT molecular complexity index is 509. The Labute approximate surface area is 113 Å². The molecule has 0 aromatic heterocycles. The number of fused-ring (bicyclic) bond motifs is 1. The number of nitrogens with one attached hydrogen (secondary N) is 1. The molecule has 1 aromatic carbocycles. The zero-order valence-electron chi connectivity index (χ0n) is 11.7. The molecule has 5 heteroatoms. The second-order valence-electron chi connectivity index (χ2n) is 5.49. The summed E-state index contributed by atoms with van der Waals surface area (Å²) in [6.07, 6.45) is 0.566. The van der Waals surface area contributed by atoms with Crippen molar-refractivity contribution < 1.29 is 14.3 Å². The summed E-state index contributed by atoms with van der Waals surface area (Å²) in [6.45, 7) is 7.25. The molecule has 0 radical (unpaired) electrons. The first-order chi connectivity index (χ1) is 8.73. The number of hydrogen-bond donors (Lipinski definition) is 2. The number of anilines is 1. The normalized spacial score (nSPS) is 18.8. The maximum atomic E-state index is 12.0. The predicted octanol–water partition coefficient (Wildman–Crippen LogP) is 2.26. The van der Waals surface area contributed by atoms with Gasteiger partial charge in [0.2, 0.25) is 11.7 Å².